The fraction of sp³-hybridized carbons (Fsp3) is 0. The van der Waals surface area contributed by atoms with E-state index >= 15 is 0 Å². The normalized spacial score (nSPS) is 6.60. The van der Waals surface area contributed by atoms with Crippen LogP contribution in [-0.2, 0) is 14.3 Å². The molecule has 0 radical (unpaired) electrons. The third kappa shape index (κ3) is 2.28. The van der Waals surface area contributed by atoms with Gasteiger partial charge in [0.05, 0.1) is 0 Å². The molecule has 0 aliphatic carbocycles. The Kier molecular flexibility index (Phi) is 3.06. The van der Waals surface area contributed by atoms with Crippen molar-refractivity contribution < 1.29 is 14.3 Å². The highest BCUT2D eigenvalue weighted by Gasteiger charge is 2.13. The zero-order valence-corrected chi connectivity index (χ0v) is 4.62. The number of hydrogen-bond acceptors (Lipinski definition) is 5. The van der Waals surface area contributed by atoms with E-state index in [0.29, 0.717) is 0 Å². The van der Waals surface area contributed by atoms with Crippen LogP contribution in [0.4, 0.5) is 0 Å². The molecule has 0 saturated heterocycles. The van der Waals surface area contributed by atoms with E-state index in [0.717, 1.165) is 6.26 Å². The van der Waals surface area contributed by atoms with E-state index in [1.807, 2.05) is 0 Å². The maximum absolute atomic E-state index is 10.2. The van der Waals surface area contributed by atoms with Crippen molar-refractivity contribution in [2.24, 2.45) is 0 Å². The average Bonchev–Trinajstić information content (AvgIpc) is 1.89. The lowest BCUT2D eigenvalue weighted by Gasteiger charge is -1.88. The van der Waals surface area contributed by atoms with Crippen molar-refractivity contribution in [1.29, 1.82) is 10.5 Å². The van der Waals surface area contributed by atoms with Gasteiger partial charge in [-0.2, -0.15) is 5.26 Å². The van der Waals surface area contributed by atoms with Crippen molar-refractivity contribution in [2.45, 2.75) is 0 Å². The quantitative estimate of drug-likeness (QED) is 0.192. The summed E-state index contributed by atoms with van der Waals surface area (Å²) >= 11 is 0. The van der Waals surface area contributed by atoms with Gasteiger partial charge in [0.1, 0.15) is 0 Å². The summed E-state index contributed by atoms with van der Waals surface area (Å²) in [5, 5.41) is 17.0. The lowest BCUT2D eigenvalue weighted by atomic mass is 10.6. The van der Waals surface area contributed by atoms with Gasteiger partial charge in [-0.15, -0.1) is 5.26 Å². The molecule has 0 spiro atoms. The van der Waals surface area contributed by atoms with Crippen LogP contribution in [0.25, 0.3) is 0 Å². The number of carbonyl (C=O) groups is 2. The molecular formula is C4HN3O3. The second-order valence-electron chi connectivity index (χ2n) is 1.05. The molecule has 0 aromatic heterocycles. The van der Waals surface area contributed by atoms with Gasteiger partial charge in [-0.1, -0.05) is 0 Å². The number of amides is 1. The first kappa shape index (κ1) is 7.92. The van der Waals surface area contributed by atoms with Crippen LogP contribution in [0.1, 0.15) is 0 Å². The summed E-state index contributed by atoms with van der Waals surface area (Å²) in [5.41, 5.74) is 0. The molecule has 0 fully saturated rings. The van der Waals surface area contributed by atoms with Gasteiger partial charge in [-0.05, 0) is 0 Å². The van der Waals surface area contributed by atoms with Crippen molar-refractivity contribution in [3.63, 3.8) is 0 Å². The molecule has 0 rings (SSSR count). The predicted octanol–water partition coefficient (Wildman–Crippen LogP) is -1.39. The fourth-order valence-corrected chi connectivity index (χ4v) is 0.190. The van der Waals surface area contributed by atoms with Gasteiger partial charge in [0, 0.05) is 0 Å². The number of nitrogens with zero attached hydrogens (tertiary/aromatic N) is 2. The first-order valence-electron chi connectivity index (χ1n) is 2.01. The first-order chi connectivity index (χ1) is 4.72. The number of rotatable bonds is 0. The van der Waals surface area contributed by atoms with Crippen LogP contribution in [0, 0.1) is 23.0 Å². The smallest absolute Gasteiger partial charge is 0.343 e. The summed E-state index contributed by atoms with van der Waals surface area (Å²) in [5.74, 6) is -2.66. The second-order valence-corrected chi connectivity index (χ2v) is 1.05. The number of ether oxygens (including phenoxy) is 1. The molecule has 0 aliphatic heterocycles. The van der Waals surface area contributed by atoms with Gasteiger partial charge >= 0.3 is 11.9 Å². The first-order valence-corrected chi connectivity index (χ1v) is 2.01. The minimum absolute atomic E-state index is 0.987. The van der Waals surface area contributed by atoms with Crippen LogP contribution in [0.5, 0.6) is 0 Å². The molecule has 1 N–H and O–H groups in total. The summed E-state index contributed by atoms with van der Waals surface area (Å²) in [6.45, 7) is 0. The Morgan fingerprint density at radius 1 is 1.40 bits per heavy atom. The highest BCUT2D eigenvalue weighted by atomic mass is 16.5. The highest BCUT2D eigenvalue weighted by molar-refractivity contribution is 6.33. The molecule has 0 aliphatic rings. The van der Waals surface area contributed by atoms with Crippen molar-refractivity contribution in [1.82, 2.24) is 5.32 Å². The molecule has 1 amide bonds. The topological polar surface area (TPSA) is 103 Å². The SMILES string of the molecule is N#CNC(=O)C(=O)OC#N. The standard InChI is InChI=1S/C4HN3O3/c5-1-7-3(8)4(9)10-2-6/h(H,7,8). The van der Waals surface area contributed by atoms with E-state index in [1.165, 1.54) is 11.5 Å². The van der Waals surface area contributed by atoms with Gasteiger partial charge in [-0.25, -0.2) is 4.79 Å². The summed E-state index contributed by atoms with van der Waals surface area (Å²) in [6.07, 6.45) is 2.18. The third-order valence-electron chi connectivity index (χ3n) is 0.493. The second kappa shape index (κ2) is 3.87. The van der Waals surface area contributed by atoms with Crippen LogP contribution in [0.2, 0.25) is 0 Å². The summed E-state index contributed by atoms with van der Waals surface area (Å²) in [7, 11) is 0. The minimum atomic E-state index is -1.40. The van der Waals surface area contributed by atoms with E-state index < -0.39 is 11.9 Å². The zero-order valence-electron chi connectivity index (χ0n) is 4.62. The lowest BCUT2D eigenvalue weighted by molar-refractivity contribution is -0.149. The molecule has 10 heavy (non-hydrogen) atoms. The molecule has 0 aromatic carbocycles. The zero-order chi connectivity index (χ0) is 7.98. The molecule has 0 saturated carbocycles. The molecular weight excluding hydrogens is 138 g/mol. The molecule has 0 bridgehead atoms. The van der Waals surface area contributed by atoms with E-state index in [9.17, 15) is 9.59 Å². The number of nitrogens with one attached hydrogen (secondary N) is 1. The Balaban J connectivity index is 3.89. The Morgan fingerprint density at radius 3 is 2.40 bits per heavy atom. The number of esters is 1. The van der Waals surface area contributed by atoms with Gasteiger partial charge in [0.15, 0.2) is 6.19 Å². The van der Waals surface area contributed by atoms with E-state index in [-0.39, 0.29) is 0 Å². The monoisotopic (exact) mass is 139 g/mol. The van der Waals surface area contributed by atoms with E-state index in [1.54, 1.807) is 0 Å². The number of carbonyl (C=O) groups excluding carboxylic acids is 2. The minimum Gasteiger partial charge on any atom is -0.343 e. The van der Waals surface area contributed by atoms with Crippen LogP contribution in [0.3, 0.4) is 0 Å². The Morgan fingerprint density at radius 2 is 2.00 bits per heavy atom. The summed E-state index contributed by atoms with van der Waals surface area (Å²) in [4.78, 5) is 20.3. The van der Waals surface area contributed by atoms with Gasteiger partial charge in [0.2, 0.25) is 0 Å². The average molecular weight is 139 g/mol. The van der Waals surface area contributed by atoms with Crippen molar-refractivity contribution in [3.8, 4) is 12.4 Å². The molecule has 6 heteroatoms. The largest absolute Gasteiger partial charge is 0.413 e. The highest BCUT2D eigenvalue weighted by Crippen LogP contribution is 1.73. The van der Waals surface area contributed by atoms with Gasteiger partial charge in [0.25, 0.3) is 6.26 Å². The van der Waals surface area contributed by atoms with Crippen molar-refractivity contribution >= 4 is 11.9 Å². The molecule has 0 unspecified atom stereocenters. The van der Waals surface area contributed by atoms with Crippen LogP contribution in [0.15, 0.2) is 0 Å². The molecule has 0 heterocycles. The predicted molar refractivity (Wildman–Crippen MR) is 25.5 cm³/mol. The van der Waals surface area contributed by atoms with E-state index in [2.05, 4.69) is 4.74 Å². The Labute approximate surface area is 55.6 Å². The van der Waals surface area contributed by atoms with Gasteiger partial charge in [-0.3, -0.25) is 10.1 Å². The maximum atomic E-state index is 10.2. The summed E-state index contributed by atoms with van der Waals surface area (Å²) < 4.78 is 3.56. The van der Waals surface area contributed by atoms with Crippen LogP contribution >= 0.6 is 0 Å². The number of hydrogen-bond donors (Lipinski definition) is 1. The lowest BCUT2D eigenvalue weighted by Crippen LogP contribution is -2.27. The fourth-order valence-electron chi connectivity index (χ4n) is 0.190. The van der Waals surface area contributed by atoms with E-state index in [4.69, 9.17) is 10.5 Å². The molecule has 50 valence electrons. The van der Waals surface area contributed by atoms with Gasteiger partial charge < -0.3 is 4.74 Å². The molecule has 6 nitrogen and oxygen atoms in total. The van der Waals surface area contributed by atoms with Crippen LogP contribution < -0.4 is 5.32 Å². The van der Waals surface area contributed by atoms with Crippen molar-refractivity contribution in [2.75, 3.05) is 0 Å². The maximum Gasteiger partial charge on any atom is 0.413 e. The Bertz CT molecular complexity index is 207. The Hall–Kier alpha value is -2.08. The number of nitriles is 2. The molecule has 0 aromatic rings. The van der Waals surface area contributed by atoms with Crippen molar-refractivity contribution in [3.05, 3.63) is 0 Å². The molecule has 0 atom stereocenters. The summed E-state index contributed by atoms with van der Waals surface area (Å²) in [6, 6.07) is 0. The third-order valence-corrected chi connectivity index (χ3v) is 0.493. The van der Waals surface area contributed by atoms with Crippen LogP contribution in [-0.4, -0.2) is 11.9 Å².